The third-order valence-corrected chi connectivity index (χ3v) is 6.87. The van der Waals surface area contributed by atoms with Gasteiger partial charge in [-0.15, -0.1) is 0 Å². The number of ether oxygens (including phenoxy) is 1. The van der Waals surface area contributed by atoms with Gasteiger partial charge < -0.3 is 14.6 Å². The van der Waals surface area contributed by atoms with Crippen LogP contribution < -0.4 is 0 Å². The van der Waals surface area contributed by atoms with E-state index in [1.807, 2.05) is 12.1 Å². The van der Waals surface area contributed by atoms with Crippen LogP contribution in [0, 0.1) is 12.8 Å². The number of methoxy groups -OCH3 is 1. The molecule has 0 unspecified atom stereocenters. The molecule has 1 aliphatic heterocycles. The van der Waals surface area contributed by atoms with Gasteiger partial charge in [0.25, 0.3) is 5.91 Å². The number of hydrogen-bond donors (Lipinski definition) is 1. The van der Waals surface area contributed by atoms with E-state index in [1.54, 1.807) is 30.1 Å². The maximum Gasteiger partial charge on any atom is 0.340 e. The average molecular weight is 416 g/mol. The lowest BCUT2D eigenvalue weighted by Gasteiger charge is -2.27. The molecule has 6 heteroatoms. The fourth-order valence-corrected chi connectivity index (χ4v) is 5.20. The number of ketones is 1. The first kappa shape index (κ1) is 19.5. The molecule has 1 saturated heterocycles. The molecule has 1 amide bonds. The minimum absolute atomic E-state index is 0.152. The molecule has 5 rings (SSSR count). The third kappa shape index (κ3) is 2.74. The fourth-order valence-electron chi connectivity index (χ4n) is 5.20. The van der Waals surface area contributed by atoms with Gasteiger partial charge in [-0.1, -0.05) is 31.2 Å². The number of carbonyl (C=O) groups is 3. The number of aromatic nitrogens is 1. The van der Waals surface area contributed by atoms with Crippen LogP contribution in [-0.2, 0) is 21.4 Å². The van der Waals surface area contributed by atoms with Crippen molar-refractivity contribution in [2.24, 2.45) is 5.92 Å². The fraction of sp³-hybridized carbons (Fsp3) is 0.320. The number of likely N-dealkylation sites (tertiary alicyclic amines) is 1. The predicted octanol–water partition coefficient (Wildman–Crippen LogP) is 3.57. The van der Waals surface area contributed by atoms with Crippen LogP contribution in [0.3, 0.4) is 0 Å². The molecule has 1 aromatic carbocycles. The summed E-state index contributed by atoms with van der Waals surface area (Å²) in [7, 11) is 1.34. The smallest absolute Gasteiger partial charge is 0.340 e. The molecule has 1 spiro atoms. The minimum Gasteiger partial charge on any atom is -0.465 e. The number of esters is 1. The molecule has 6 nitrogen and oxygen atoms in total. The van der Waals surface area contributed by atoms with Crippen LogP contribution in [0.15, 0.2) is 42.1 Å². The Bertz CT molecular complexity index is 1180. The highest BCUT2D eigenvalue weighted by Crippen LogP contribution is 2.67. The van der Waals surface area contributed by atoms with Crippen molar-refractivity contribution in [2.45, 2.75) is 32.1 Å². The SMILES string of the molecule is CCc1ccc(/C=C/C(=O)N2C[C@H]3C[C@@]34C2=CC(=O)c2[nH]c(C)c(C(=O)OC)c24)cc1. The molecule has 2 atom stereocenters. The van der Waals surface area contributed by atoms with E-state index >= 15 is 0 Å². The Labute approximate surface area is 180 Å². The number of aryl methyl sites for hydroxylation is 2. The van der Waals surface area contributed by atoms with Crippen LogP contribution in [0.2, 0.25) is 0 Å². The Morgan fingerprint density at radius 2 is 2.03 bits per heavy atom. The highest BCUT2D eigenvalue weighted by molar-refractivity contribution is 6.11. The normalized spacial score (nSPS) is 23.3. The highest BCUT2D eigenvalue weighted by Gasteiger charge is 2.68. The number of H-pyrrole nitrogens is 1. The van der Waals surface area contributed by atoms with E-state index in [1.165, 1.54) is 12.7 Å². The van der Waals surface area contributed by atoms with Crippen molar-refractivity contribution in [1.82, 2.24) is 9.88 Å². The van der Waals surface area contributed by atoms with E-state index in [9.17, 15) is 14.4 Å². The van der Waals surface area contributed by atoms with Gasteiger partial charge in [-0.2, -0.15) is 0 Å². The van der Waals surface area contributed by atoms with Gasteiger partial charge >= 0.3 is 5.97 Å². The minimum atomic E-state index is -0.455. The van der Waals surface area contributed by atoms with Gasteiger partial charge in [0.2, 0.25) is 5.78 Å². The van der Waals surface area contributed by atoms with E-state index < -0.39 is 11.4 Å². The van der Waals surface area contributed by atoms with Crippen LogP contribution in [0.1, 0.15) is 56.6 Å². The van der Waals surface area contributed by atoms with Crippen molar-refractivity contribution >= 4 is 23.7 Å². The van der Waals surface area contributed by atoms with E-state index in [0.29, 0.717) is 34.8 Å². The summed E-state index contributed by atoms with van der Waals surface area (Å²) >= 11 is 0. The highest BCUT2D eigenvalue weighted by atomic mass is 16.5. The van der Waals surface area contributed by atoms with Crippen molar-refractivity contribution in [3.63, 3.8) is 0 Å². The summed E-state index contributed by atoms with van der Waals surface area (Å²) < 4.78 is 4.99. The van der Waals surface area contributed by atoms with Gasteiger partial charge in [0.1, 0.15) is 0 Å². The molecular weight excluding hydrogens is 392 g/mol. The Morgan fingerprint density at radius 1 is 1.29 bits per heavy atom. The molecule has 1 aromatic heterocycles. The second-order valence-corrected chi connectivity index (χ2v) is 8.51. The summed E-state index contributed by atoms with van der Waals surface area (Å²) in [6.45, 7) is 4.42. The van der Waals surface area contributed by atoms with E-state index in [-0.39, 0.29) is 17.6 Å². The van der Waals surface area contributed by atoms with Crippen LogP contribution in [0.5, 0.6) is 0 Å². The standard InChI is InChI=1S/C25H24N2O4/c1-4-15-5-7-16(8-6-15)9-10-20(29)27-13-17-12-25(17)19(27)11-18(28)23-22(25)21(14(2)26-23)24(30)31-3/h5-11,17,26H,4,12-13H2,1-3H3/b10-9+/t17-,25+/m1/s1. The van der Waals surface area contributed by atoms with Gasteiger partial charge in [0.05, 0.1) is 18.4 Å². The molecular formula is C25H24N2O4. The Hall–Kier alpha value is -3.41. The van der Waals surface area contributed by atoms with Gasteiger partial charge in [-0.05, 0) is 42.9 Å². The zero-order chi connectivity index (χ0) is 21.9. The molecule has 31 heavy (non-hydrogen) atoms. The first-order valence-corrected chi connectivity index (χ1v) is 10.6. The first-order chi connectivity index (χ1) is 14.9. The summed E-state index contributed by atoms with van der Waals surface area (Å²) in [5.74, 6) is -0.617. The van der Waals surface area contributed by atoms with Gasteiger partial charge in [0, 0.05) is 41.1 Å². The summed E-state index contributed by atoms with van der Waals surface area (Å²) in [5.41, 5.74) is 4.66. The zero-order valence-electron chi connectivity index (χ0n) is 17.8. The predicted molar refractivity (Wildman–Crippen MR) is 116 cm³/mol. The van der Waals surface area contributed by atoms with Gasteiger partial charge in [0.15, 0.2) is 0 Å². The number of aromatic amines is 1. The number of nitrogens with zero attached hydrogens (tertiary/aromatic N) is 1. The summed E-state index contributed by atoms with van der Waals surface area (Å²) in [4.78, 5) is 43.2. The Balaban J connectivity index is 1.47. The average Bonchev–Trinajstić information content (AvgIpc) is 3.22. The Kier molecular flexibility index (Phi) is 4.29. The lowest BCUT2D eigenvalue weighted by atomic mass is 9.82. The third-order valence-electron chi connectivity index (χ3n) is 6.87. The van der Waals surface area contributed by atoms with E-state index in [4.69, 9.17) is 4.74 Å². The van der Waals surface area contributed by atoms with Crippen LogP contribution >= 0.6 is 0 Å². The molecule has 2 fully saturated rings. The number of nitrogens with one attached hydrogen (secondary N) is 1. The number of fused-ring (bicyclic) bond motifs is 1. The molecule has 1 N–H and O–H groups in total. The van der Waals surface area contributed by atoms with Crippen LogP contribution in [0.25, 0.3) is 6.08 Å². The van der Waals surface area contributed by atoms with Gasteiger partial charge in [-0.3, -0.25) is 9.59 Å². The number of rotatable bonds is 4. The monoisotopic (exact) mass is 416 g/mol. The molecule has 1 saturated carbocycles. The number of carbonyl (C=O) groups excluding carboxylic acids is 3. The molecule has 0 radical (unpaired) electrons. The number of hydrogen-bond acceptors (Lipinski definition) is 4. The number of allylic oxidation sites excluding steroid dienone is 2. The van der Waals surface area contributed by atoms with Crippen molar-refractivity contribution in [3.05, 3.63) is 75.8 Å². The second kappa shape index (κ2) is 6.80. The van der Waals surface area contributed by atoms with E-state index in [0.717, 1.165) is 18.4 Å². The quantitative estimate of drug-likeness (QED) is 0.611. The largest absolute Gasteiger partial charge is 0.465 e. The van der Waals surface area contributed by atoms with Crippen molar-refractivity contribution < 1.29 is 19.1 Å². The number of piperidine rings is 1. The topological polar surface area (TPSA) is 79.5 Å². The molecule has 3 aliphatic rings. The maximum atomic E-state index is 13.0. The lowest BCUT2D eigenvalue weighted by Crippen LogP contribution is -2.33. The Morgan fingerprint density at radius 3 is 2.71 bits per heavy atom. The molecule has 158 valence electrons. The summed E-state index contributed by atoms with van der Waals surface area (Å²) in [5, 5.41) is 0. The molecule has 0 bridgehead atoms. The van der Waals surface area contributed by atoms with Crippen LogP contribution in [-0.4, -0.2) is 41.2 Å². The van der Waals surface area contributed by atoms with Crippen molar-refractivity contribution in [3.8, 4) is 0 Å². The zero-order valence-corrected chi connectivity index (χ0v) is 17.8. The number of benzene rings is 1. The summed E-state index contributed by atoms with van der Waals surface area (Å²) in [6, 6.07) is 8.09. The van der Waals surface area contributed by atoms with Gasteiger partial charge in [-0.25, -0.2) is 4.79 Å². The second-order valence-electron chi connectivity index (χ2n) is 8.51. The molecule has 2 heterocycles. The maximum absolute atomic E-state index is 13.0. The van der Waals surface area contributed by atoms with Crippen molar-refractivity contribution in [1.29, 1.82) is 0 Å². The molecule has 2 aliphatic carbocycles. The molecule has 2 aromatic rings. The van der Waals surface area contributed by atoms with E-state index in [2.05, 4.69) is 24.0 Å². The number of amides is 1. The summed E-state index contributed by atoms with van der Waals surface area (Å²) in [6.07, 6.45) is 6.72. The van der Waals surface area contributed by atoms with Crippen molar-refractivity contribution in [2.75, 3.05) is 13.7 Å². The first-order valence-electron chi connectivity index (χ1n) is 10.6. The van der Waals surface area contributed by atoms with Crippen LogP contribution in [0.4, 0.5) is 0 Å². The lowest BCUT2D eigenvalue weighted by molar-refractivity contribution is -0.123.